The molecule has 4 N–H and O–H groups in total. The minimum atomic E-state index is -3.64. The molecule has 0 bridgehead atoms. The highest BCUT2D eigenvalue weighted by atomic mass is 35.5. The van der Waals surface area contributed by atoms with Gasteiger partial charge in [-0.1, -0.05) is 23.7 Å². The van der Waals surface area contributed by atoms with Gasteiger partial charge in [0.05, 0.1) is 6.54 Å². The Morgan fingerprint density at radius 3 is 2.71 bits per heavy atom. The molecule has 1 heterocycles. The number of nitrogens with zero attached hydrogens (tertiary/aromatic N) is 1. The third-order valence-corrected chi connectivity index (χ3v) is 5.93. The summed E-state index contributed by atoms with van der Waals surface area (Å²) in [5.41, 5.74) is 1.14. The SMILES string of the molecule is CN=C(NCCc1cccc(Cl)c1)NCc1ccc(S(N)(=O)=O)s1. The van der Waals surface area contributed by atoms with Crippen molar-refractivity contribution in [3.63, 3.8) is 0 Å². The molecule has 0 atom stereocenters. The highest BCUT2D eigenvalue weighted by Crippen LogP contribution is 2.19. The van der Waals surface area contributed by atoms with Crippen molar-refractivity contribution in [3.8, 4) is 0 Å². The lowest BCUT2D eigenvalue weighted by atomic mass is 10.1. The molecular weight excluding hydrogens is 368 g/mol. The first kappa shape index (κ1) is 18.7. The van der Waals surface area contributed by atoms with Crippen LogP contribution in [0.1, 0.15) is 10.4 Å². The highest BCUT2D eigenvalue weighted by Gasteiger charge is 2.11. The third-order valence-electron chi connectivity index (χ3n) is 3.17. The Balaban J connectivity index is 1.81. The van der Waals surface area contributed by atoms with E-state index in [1.807, 2.05) is 24.3 Å². The van der Waals surface area contributed by atoms with Gasteiger partial charge in [-0.2, -0.15) is 0 Å². The summed E-state index contributed by atoms with van der Waals surface area (Å²) in [4.78, 5) is 5.00. The first-order chi connectivity index (χ1) is 11.4. The number of halogens is 1. The maximum absolute atomic E-state index is 11.3. The number of aliphatic imine (C=N–C) groups is 1. The van der Waals surface area contributed by atoms with Crippen LogP contribution >= 0.6 is 22.9 Å². The molecule has 0 radical (unpaired) electrons. The Morgan fingerprint density at radius 1 is 1.29 bits per heavy atom. The molecule has 0 unspecified atom stereocenters. The van der Waals surface area contributed by atoms with Gasteiger partial charge in [0.1, 0.15) is 4.21 Å². The molecule has 9 heteroatoms. The van der Waals surface area contributed by atoms with Crippen LogP contribution in [0.3, 0.4) is 0 Å². The smallest absolute Gasteiger partial charge is 0.247 e. The van der Waals surface area contributed by atoms with Crippen molar-refractivity contribution in [3.05, 3.63) is 51.9 Å². The van der Waals surface area contributed by atoms with Gasteiger partial charge in [0.25, 0.3) is 0 Å². The molecule has 2 aromatic rings. The average molecular weight is 387 g/mol. The Bertz CT molecular complexity index is 818. The van der Waals surface area contributed by atoms with Crippen molar-refractivity contribution in [2.75, 3.05) is 13.6 Å². The molecule has 0 saturated heterocycles. The lowest BCUT2D eigenvalue weighted by molar-refractivity contribution is 0.600. The molecule has 1 aromatic carbocycles. The second-order valence-corrected chi connectivity index (χ2v) is 8.39. The van der Waals surface area contributed by atoms with Gasteiger partial charge in [0.15, 0.2) is 5.96 Å². The van der Waals surface area contributed by atoms with E-state index in [4.69, 9.17) is 16.7 Å². The first-order valence-electron chi connectivity index (χ1n) is 7.19. The summed E-state index contributed by atoms with van der Waals surface area (Å²) in [5.74, 6) is 0.641. The molecule has 1 aromatic heterocycles. The Hall–Kier alpha value is -1.61. The van der Waals surface area contributed by atoms with Crippen molar-refractivity contribution in [1.82, 2.24) is 10.6 Å². The fraction of sp³-hybridized carbons (Fsp3) is 0.267. The van der Waals surface area contributed by atoms with Crippen LogP contribution in [0.25, 0.3) is 0 Å². The van der Waals surface area contributed by atoms with Crippen molar-refractivity contribution < 1.29 is 8.42 Å². The number of primary sulfonamides is 1. The van der Waals surface area contributed by atoms with Gasteiger partial charge in [0.2, 0.25) is 10.0 Å². The number of hydrogen-bond acceptors (Lipinski definition) is 4. The van der Waals surface area contributed by atoms with Crippen LogP contribution in [-0.2, 0) is 23.0 Å². The standard InChI is InChI=1S/C15H19ClN4O2S2/c1-18-15(19-8-7-11-3-2-4-12(16)9-11)20-10-13-5-6-14(23-13)24(17,21)22/h2-6,9H,7-8,10H2,1H3,(H2,17,21,22)(H2,18,19,20). The van der Waals surface area contributed by atoms with Crippen LogP contribution < -0.4 is 15.8 Å². The normalized spacial score (nSPS) is 12.2. The summed E-state index contributed by atoms with van der Waals surface area (Å²) in [6.45, 7) is 1.17. The molecular formula is C15H19ClN4O2S2. The number of sulfonamides is 1. The number of hydrogen-bond donors (Lipinski definition) is 3. The van der Waals surface area contributed by atoms with Crippen molar-refractivity contribution in [2.45, 2.75) is 17.2 Å². The van der Waals surface area contributed by atoms with E-state index in [9.17, 15) is 8.42 Å². The second-order valence-electron chi connectivity index (χ2n) is 5.00. The maximum atomic E-state index is 11.3. The van der Waals surface area contributed by atoms with Crippen LogP contribution in [0, 0.1) is 0 Å². The zero-order valence-corrected chi connectivity index (χ0v) is 15.5. The van der Waals surface area contributed by atoms with Crippen LogP contribution in [0.2, 0.25) is 5.02 Å². The summed E-state index contributed by atoms with van der Waals surface area (Å²) >= 11 is 7.10. The van der Waals surface area contributed by atoms with Gasteiger partial charge >= 0.3 is 0 Å². The molecule has 6 nitrogen and oxygen atoms in total. The third kappa shape index (κ3) is 5.79. The van der Waals surface area contributed by atoms with Crippen LogP contribution in [0.5, 0.6) is 0 Å². The zero-order chi connectivity index (χ0) is 17.6. The summed E-state index contributed by atoms with van der Waals surface area (Å²) in [5, 5.41) is 12.2. The van der Waals surface area contributed by atoms with E-state index in [2.05, 4.69) is 15.6 Å². The maximum Gasteiger partial charge on any atom is 0.247 e. The fourth-order valence-corrected chi connectivity index (χ4v) is 3.95. The number of benzene rings is 1. The van der Waals surface area contributed by atoms with E-state index in [0.29, 0.717) is 19.0 Å². The average Bonchev–Trinajstić information content (AvgIpc) is 3.00. The lowest BCUT2D eigenvalue weighted by Crippen LogP contribution is -2.37. The summed E-state index contributed by atoms with van der Waals surface area (Å²) in [6.07, 6.45) is 0.815. The number of rotatable bonds is 6. The minimum absolute atomic E-state index is 0.156. The largest absolute Gasteiger partial charge is 0.356 e. The highest BCUT2D eigenvalue weighted by molar-refractivity contribution is 7.91. The van der Waals surface area contributed by atoms with Crippen molar-refractivity contribution in [1.29, 1.82) is 0 Å². The molecule has 0 fully saturated rings. The number of thiophene rings is 1. The Kier molecular flexibility index (Phi) is 6.61. The summed E-state index contributed by atoms with van der Waals surface area (Å²) in [7, 11) is -1.96. The van der Waals surface area contributed by atoms with E-state index < -0.39 is 10.0 Å². The number of guanidine groups is 1. The number of nitrogens with one attached hydrogen (secondary N) is 2. The lowest BCUT2D eigenvalue weighted by Gasteiger charge is -2.11. The fourth-order valence-electron chi connectivity index (χ4n) is 2.02. The van der Waals surface area contributed by atoms with Crippen LogP contribution in [-0.4, -0.2) is 28.0 Å². The van der Waals surface area contributed by atoms with Gasteiger partial charge < -0.3 is 10.6 Å². The first-order valence-corrected chi connectivity index (χ1v) is 9.93. The molecule has 130 valence electrons. The van der Waals surface area contributed by atoms with E-state index in [-0.39, 0.29) is 4.21 Å². The predicted octanol–water partition coefficient (Wildman–Crippen LogP) is 1.96. The summed E-state index contributed by atoms with van der Waals surface area (Å²) < 4.78 is 22.7. The Morgan fingerprint density at radius 2 is 2.08 bits per heavy atom. The monoisotopic (exact) mass is 386 g/mol. The molecule has 0 aliphatic carbocycles. The quantitative estimate of drug-likeness (QED) is 0.522. The van der Waals surface area contributed by atoms with Gasteiger partial charge in [-0.15, -0.1) is 11.3 Å². The molecule has 0 spiro atoms. The van der Waals surface area contributed by atoms with E-state index >= 15 is 0 Å². The van der Waals surface area contributed by atoms with Crippen LogP contribution in [0.15, 0.2) is 45.6 Å². The molecule has 0 aliphatic rings. The Labute approximate surface area is 150 Å². The number of nitrogens with two attached hydrogens (primary N) is 1. The summed E-state index contributed by atoms with van der Waals surface area (Å²) in [6, 6.07) is 11.0. The van der Waals surface area contributed by atoms with Gasteiger partial charge in [-0.25, -0.2) is 13.6 Å². The van der Waals surface area contributed by atoms with Crippen molar-refractivity contribution in [2.24, 2.45) is 10.1 Å². The zero-order valence-electron chi connectivity index (χ0n) is 13.1. The molecule has 2 rings (SSSR count). The van der Waals surface area contributed by atoms with Crippen LogP contribution in [0.4, 0.5) is 0 Å². The second kappa shape index (κ2) is 8.48. The van der Waals surface area contributed by atoms with E-state index in [1.165, 1.54) is 6.07 Å². The van der Waals surface area contributed by atoms with Crippen molar-refractivity contribution >= 4 is 38.9 Å². The topological polar surface area (TPSA) is 96.6 Å². The van der Waals surface area contributed by atoms with E-state index in [1.54, 1.807) is 13.1 Å². The molecule has 0 aliphatic heterocycles. The molecule has 0 amide bonds. The predicted molar refractivity (Wildman–Crippen MR) is 99.0 cm³/mol. The van der Waals surface area contributed by atoms with Gasteiger partial charge in [-0.3, -0.25) is 4.99 Å². The minimum Gasteiger partial charge on any atom is -0.356 e. The molecule has 24 heavy (non-hydrogen) atoms. The van der Waals surface area contributed by atoms with Gasteiger partial charge in [-0.05, 0) is 36.2 Å². The van der Waals surface area contributed by atoms with E-state index in [0.717, 1.165) is 33.2 Å². The molecule has 0 saturated carbocycles. The van der Waals surface area contributed by atoms with Gasteiger partial charge in [0, 0.05) is 23.5 Å².